The molecule has 17 heavy (non-hydrogen) atoms. The fraction of sp³-hybridized carbons (Fsp3) is 0.214. The second-order valence-corrected chi connectivity index (χ2v) is 3.47. The Morgan fingerprint density at radius 3 is 2.53 bits per heavy atom. The largest absolute Gasteiger partial charge is 0.497 e. The van der Waals surface area contributed by atoms with E-state index in [-0.39, 0.29) is 5.97 Å². The van der Waals surface area contributed by atoms with Crippen LogP contribution < -0.4 is 4.74 Å². The maximum Gasteiger partial charge on any atom is 0.338 e. The molecule has 0 aliphatic rings. The summed E-state index contributed by atoms with van der Waals surface area (Å²) in [5, 5.41) is 0. The van der Waals surface area contributed by atoms with Crippen LogP contribution in [0.3, 0.4) is 0 Å². The lowest BCUT2D eigenvalue weighted by Crippen LogP contribution is -2.09. The van der Waals surface area contributed by atoms with Crippen LogP contribution in [0.4, 0.5) is 0 Å². The van der Waals surface area contributed by atoms with Crippen molar-refractivity contribution in [3.05, 3.63) is 54.8 Å². The number of benzene rings is 1. The van der Waals surface area contributed by atoms with Crippen molar-refractivity contribution in [2.24, 2.45) is 0 Å². The number of hydrogen-bond acceptors (Lipinski definition) is 3. The average Bonchev–Trinajstić information content (AvgIpc) is 2.37. The van der Waals surface area contributed by atoms with Crippen molar-refractivity contribution in [2.75, 3.05) is 0 Å². The predicted molar refractivity (Wildman–Crippen MR) is 66.5 cm³/mol. The van der Waals surface area contributed by atoms with E-state index in [1.165, 1.54) is 6.26 Å². The zero-order chi connectivity index (χ0) is 12.7. The summed E-state index contributed by atoms with van der Waals surface area (Å²) in [6.45, 7) is 9.40. The number of rotatable bonds is 6. The standard InChI is InChI=1S/C14H16O3/c1-4-11(3)14(15)17-13-8-6-12(7-9-13)10-16-5-2/h5-9H,2-4,10H2,1H3. The molecule has 0 amide bonds. The first kappa shape index (κ1) is 13.0. The van der Waals surface area contributed by atoms with Crippen molar-refractivity contribution in [1.29, 1.82) is 0 Å². The minimum Gasteiger partial charge on any atom is -0.497 e. The summed E-state index contributed by atoms with van der Waals surface area (Å²) in [6.07, 6.45) is 1.98. The molecule has 0 saturated carbocycles. The van der Waals surface area contributed by atoms with Gasteiger partial charge in [0, 0.05) is 5.57 Å². The molecular weight excluding hydrogens is 216 g/mol. The van der Waals surface area contributed by atoms with Crippen molar-refractivity contribution in [1.82, 2.24) is 0 Å². The second-order valence-electron chi connectivity index (χ2n) is 3.47. The minimum absolute atomic E-state index is 0.386. The maximum atomic E-state index is 11.4. The molecular formula is C14H16O3. The Morgan fingerprint density at radius 1 is 1.35 bits per heavy atom. The maximum absolute atomic E-state index is 11.4. The third-order valence-corrected chi connectivity index (χ3v) is 2.22. The predicted octanol–water partition coefficient (Wildman–Crippen LogP) is 3.22. The number of carbonyl (C=O) groups excluding carboxylic acids is 1. The van der Waals surface area contributed by atoms with E-state index in [9.17, 15) is 4.79 Å². The van der Waals surface area contributed by atoms with Gasteiger partial charge in [0.05, 0.1) is 6.26 Å². The van der Waals surface area contributed by atoms with Crippen molar-refractivity contribution in [2.45, 2.75) is 20.0 Å². The number of esters is 1. The van der Waals surface area contributed by atoms with Crippen LogP contribution >= 0.6 is 0 Å². The molecule has 0 aliphatic carbocycles. The summed E-state index contributed by atoms with van der Waals surface area (Å²) in [6, 6.07) is 7.12. The molecule has 90 valence electrons. The monoisotopic (exact) mass is 232 g/mol. The lowest BCUT2D eigenvalue weighted by Gasteiger charge is -2.06. The average molecular weight is 232 g/mol. The van der Waals surface area contributed by atoms with Gasteiger partial charge >= 0.3 is 5.97 Å². The first-order valence-electron chi connectivity index (χ1n) is 5.38. The fourth-order valence-corrected chi connectivity index (χ4v) is 1.13. The van der Waals surface area contributed by atoms with E-state index in [0.29, 0.717) is 24.4 Å². The molecule has 0 fully saturated rings. The highest BCUT2D eigenvalue weighted by Crippen LogP contribution is 2.14. The molecule has 0 atom stereocenters. The molecule has 1 aromatic rings. The quantitative estimate of drug-likeness (QED) is 0.327. The summed E-state index contributed by atoms with van der Waals surface area (Å²) < 4.78 is 10.2. The van der Waals surface area contributed by atoms with Crippen LogP contribution in [0.25, 0.3) is 0 Å². The SMILES string of the molecule is C=COCc1ccc(OC(=O)C(=C)CC)cc1. The molecule has 0 N–H and O–H groups in total. The van der Waals surface area contributed by atoms with Gasteiger partial charge < -0.3 is 9.47 Å². The van der Waals surface area contributed by atoms with Gasteiger partial charge in [-0.1, -0.05) is 32.2 Å². The van der Waals surface area contributed by atoms with Gasteiger partial charge in [-0.05, 0) is 24.1 Å². The van der Waals surface area contributed by atoms with Crippen LogP contribution in [0.15, 0.2) is 49.3 Å². The molecule has 0 unspecified atom stereocenters. The van der Waals surface area contributed by atoms with Gasteiger partial charge in [-0.15, -0.1) is 0 Å². The van der Waals surface area contributed by atoms with Crippen LogP contribution in [-0.2, 0) is 16.1 Å². The lowest BCUT2D eigenvalue weighted by molar-refractivity contribution is -0.130. The van der Waals surface area contributed by atoms with E-state index in [2.05, 4.69) is 13.2 Å². The van der Waals surface area contributed by atoms with Crippen LogP contribution in [0.2, 0.25) is 0 Å². The van der Waals surface area contributed by atoms with Crippen molar-refractivity contribution in [3.8, 4) is 5.75 Å². The molecule has 0 bridgehead atoms. The topological polar surface area (TPSA) is 35.5 Å². The Balaban J connectivity index is 2.59. The van der Waals surface area contributed by atoms with Gasteiger partial charge in [0.1, 0.15) is 12.4 Å². The Bertz CT molecular complexity index is 404. The molecule has 0 aliphatic heterocycles. The fourth-order valence-electron chi connectivity index (χ4n) is 1.13. The third kappa shape index (κ3) is 4.15. The Hall–Kier alpha value is -2.03. The highest BCUT2D eigenvalue weighted by atomic mass is 16.5. The van der Waals surface area contributed by atoms with E-state index in [1.807, 2.05) is 19.1 Å². The van der Waals surface area contributed by atoms with Crippen LogP contribution in [0, 0.1) is 0 Å². The van der Waals surface area contributed by atoms with E-state index in [4.69, 9.17) is 9.47 Å². The molecule has 0 spiro atoms. The minimum atomic E-state index is -0.386. The molecule has 0 saturated heterocycles. The van der Waals surface area contributed by atoms with Crippen LogP contribution in [-0.4, -0.2) is 5.97 Å². The molecule has 3 nitrogen and oxygen atoms in total. The van der Waals surface area contributed by atoms with E-state index in [1.54, 1.807) is 12.1 Å². The van der Waals surface area contributed by atoms with E-state index in [0.717, 1.165) is 5.56 Å². The molecule has 3 heteroatoms. The third-order valence-electron chi connectivity index (χ3n) is 2.22. The summed E-state index contributed by atoms with van der Waals surface area (Å²) in [4.78, 5) is 11.4. The van der Waals surface area contributed by atoms with Gasteiger partial charge in [-0.2, -0.15) is 0 Å². The molecule has 1 aromatic carbocycles. The van der Waals surface area contributed by atoms with Gasteiger partial charge in [0.25, 0.3) is 0 Å². The molecule has 1 rings (SSSR count). The Kier molecular flexibility index (Phi) is 5.01. The first-order valence-corrected chi connectivity index (χ1v) is 5.38. The normalized spacial score (nSPS) is 9.47. The van der Waals surface area contributed by atoms with E-state index >= 15 is 0 Å². The number of carbonyl (C=O) groups is 1. The number of ether oxygens (including phenoxy) is 2. The van der Waals surface area contributed by atoms with Gasteiger partial charge in [0.2, 0.25) is 0 Å². The smallest absolute Gasteiger partial charge is 0.338 e. The number of hydrogen-bond donors (Lipinski definition) is 0. The zero-order valence-electron chi connectivity index (χ0n) is 9.94. The highest BCUT2D eigenvalue weighted by Gasteiger charge is 2.07. The highest BCUT2D eigenvalue weighted by molar-refractivity contribution is 5.89. The van der Waals surface area contributed by atoms with Gasteiger partial charge in [-0.25, -0.2) is 4.79 Å². The van der Waals surface area contributed by atoms with Crippen molar-refractivity contribution in [3.63, 3.8) is 0 Å². The summed E-state index contributed by atoms with van der Waals surface area (Å²) in [5.41, 5.74) is 1.45. The Labute approximate surface area is 101 Å². The molecule has 0 aromatic heterocycles. The summed E-state index contributed by atoms with van der Waals surface area (Å²) in [5.74, 6) is 0.120. The first-order chi connectivity index (χ1) is 8.17. The van der Waals surface area contributed by atoms with E-state index < -0.39 is 0 Å². The molecule has 0 heterocycles. The lowest BCUT2D eigenvalue weighted by atomic mass is 10.2. The van der Waals surface area contributed by atoms with Crippen LogP contribution in [0.5, 0.6) is 5.75 Å². The van der Waals surface area contributed by atoms with Crippen molar-refractivity contribution < 1.29 is 14.3 Å². The Morgan fingerprint density at radius 2 is 2.00 bits per heavy atom. The van der Waals surface area contributed by atoms with Crippen molar-refractivity contribution >= 4 is 5.97 Å². The summed E-state index contributed by atoms with van der Waals surface area (Å²) >= 11 is 0. The van der Waals surface area contributed by atoms with Gasteiger partial charge in [0.15, 0.2) is 0 Å². The second kappa shape index (κ2) is 6.53. The van der Waals surface area contributed by atoms with Gasteiger partial charge in [-0.3, -0.25) is 0 Å². The zero-order valence-corrected chi connectivity index (χ0v) is 9.94. The molecule has 0 radical (unpaired) electrons. The van der Waals surface area contributed by atoms with Crippen LogP contribution in [0.1, 0.15) is 18.9 Å². The summed E-state index contributed by atoms with van der Waals surface area (Å²) in [7, 11) is 0.